The largest absolute Gasteiger partial charge is 0.450 e. The summed E-state index contributed by atoms with van der Waals surface area (Å²) < 4.78 is 18.6. The molecule has 0 saturated heterocycles. The Bertz CT molecular complexity index is 1010. The van der Waals surface area contributed by atoms with E-state index in [4.69, 9.17) is 10.5 Å². The number of allylic oxidation sites excluding steroid dienone is 2. The fourth-order valence-electron chi connectivity index (χ4n) is 4.09. The first-order valence-electron chi connectivity index (χ1n) is 9.03. The molecule has 2 aliphatic rings. The van der Waals surface area contributed by atoms with E-state index in [1.54, 1.807) is 13.0 Å². The van der Waals surface area contributed by atoms with Crippen LogP contribution in [0.5, 0.6) is 0 Å². The normalized spacial score (nSPS) is 22.4. The molecule has 146 valence electrons. The highest BCUT2D eigenvalue weighted by Crippen LogP contribution is 2.54. The van der Waals surface area contributed by atoms with Crippen molar-refractivity contribution in [3.05, 3.63) is 58.6 Å². The number of benzene rings is 1. The lowest BCUT2D eigenvalue weighted by molar-refractivity contribution is 0.0999. The number of ether oxygens (including phenoxy) is 1. The van der Waals surface area contributed by atoms with Crippen molar-refractivity contribution in [2.24, 2.45) is 17.1 Å². The number of nitrogens with two attached hydrogens (primary N) is 1. The zero-order chi connectivity index (χ0) is 21.2. The van der Waals surface area contributed by atoms with Crippen molar-refractivity contribution in [1.82, 2.24) is 4.90 Å². The third-order valence-corrected chi connectivity index (χ3v) is 5.42. The van der Waals surface area contributed by atoms with Gasteiger partial charge in [0.05, 0.1) is 30.0 Å². The molecule has 3 rings (SSSR count). The van der Waals surface area contributed by atoms with Gasteiger partial charge in [0.1, 0.15) is 11.9 Å². The third-order valence-electron chi connectivity index (χ3n) is 5.42. The Morgan fingerprint density at radius 3 is 2.52 bits per heavy atom. The minimum Gasteiger partial charge on any atom is -0.450 e. The van der Waals surface area contributed by atoms with Crippen LogP contribution in [0.4, 0.5) is 9.18 Å². The number of fused-ring (bicyclic) bond motifs is 1. The first-order chi connectivity index (χ1) is 13.9. The van der Waals surface area contributed by atoms with E-state index >= 15 is 0 Å². The lowest BCUT2D eigenvalue weighted by atomic mass is 9.58. The van der Waals surface area contributed by atoms with Crippen molar-refractivity contribution in [1.29, 1.82) is 15.8 Å². The molecule has 7 nitrogen and oxygen atoms in total. The van der Waals surface area contributed by atoms with E-state index in [0.29, 0.717) is 11.1 Å². The van der Waals surface area contributed by atoms with Crippen LogP contribution in [-0.4, -0.2) is 30.7 Å². The summed E-state index contributed by atoms with van der Waals surface area (Å²) in [6, 6.07) is 11.5. The molecule has 29 heavy (non-hydrogen) atoms. The molecule has 1 aliphatic carbocycles. The average molecular weight is 391 g/mol. The molecule has 0 fully saturated rings. The van der Waals surface area contributed by atoms with Crippen LogP contribution in [0.1, 0.15) is 18.4 Å². The molecular weight excluding hydrogens is 373 g/mol. The molecule has 8 heteroatoms. The van der Waals surface area contributed by atoms with E-state index in [0.717, 1.165) is 0 Å². The number of hydrogen-bond donors (Lipinski definition) is 1. The molecule has 1 aromatic rings. The average Bonchev–Trinajstić information content (AvgIpc) is 2.74. The van der Waals surface area contributed by atoms with Gasteiger partial charge in [-0.3, -0.25) is 0 Å². The predicted octanol–water partition coefficient (Wildman–Crippen LogP) is 2.71. The second kappa shape index (κ2) is 7.66. The predicted molar refractivity (Wildman–Crippen MR) is 99.8 cm³/mol. The minimum absolute atomic E-state index is 0.0833. The zero-order valence-corrected chi connectivity index (χ0v) is 15.7. The van der Waals surface area contributed by atoms with Gasteiger partial charge >= 0.3 is 6.09 Å². The van der Waals surface area contributed by atoms with Crippen LogP contribution in [0.15, 0.2) is 47.2 Å². The molecule has 1 amide bonds. The van der Waals surface area contributed by atoms with Gasteiger partial charge in [-0.15, -0.1) is 0 Å². The Morgan fingerprint density at radius 2 is 1.97 bits per heavy atom. The number of hydrogen-bond acceptors (Lipinski definition) is 6. The number of amides is 1. The summed E-state index contributed by atoms with van der Waals surface area (Å²) >= 11 is 0. The Morgan fingerprint density at radius 1 is 1.31 bits per heavy atom. The van der Waals surface area contributed by atoms with Crippen molar-refractivity contribution < 1.29 is 13.9 Å². The Kier molecular flexibility index (Phi) is 5.26. The van der Waals surface area contributed by atoms with Gasteiger partial charge in [-0.05, 0) is 30.2 Å². The second-order valence-corrected chi connectivity index (χ2v) is 6.83. The van der Waals surface area contributed by atoms with Crippen LogP contribution in [0, 0.1) is 51.1 Å². The highest BCUT2D eigenvalue weighted by Gasteiger charge is 2.54. The third kappa shape index (κ3) is 3.07. The maximum absolute atomic E-state index is 13.5. The molecule has 1 aromatic carbocycles. The van der Waals surface area contributed by atoms with Crippen molar-refractivity contribution in [3.63, 3.8) is 0 Å². The summed E-state index contributed by atoms with van der Waals surface area (Å²) in [5.41, 5.74) is 5.43. The fraction of sp³-hybridized carbons (Fsp3) is 0.333. The lowest BCUT2D eigenvalue weighted by Crippen LogP contribution is -2.49. The molecular formula is C21H18FN5O2. The molecule has 1 heterocycles. The van der Waals surface area contributed by atoms with Gasteiger partial charge in [0.15, 0.2) is 5.41 Å². The maximum atomic E-state index is 13.5. The summed E-state index contributed by atoms with van der Waals surface area (Å²) in [5.74, 6) is -1.81. The van der Waals surface area contributed by atoms with Gasteiger partial charge in [-0.25, -0.2) is 9.18 Å². The van der Waals surface area contributed by atoms with E-state index in [1.165, 1.54) is 29.2 Å². The highest BCUT2D eigenvalue weighted by atomic mass is 19.1. The second-order valence-electron chi connectivity index (χ2n) is 6.83. The first-order valence-corrected chi connectivity index (χ1v) is 9.03. The van der Waals surface area contributed by atoms with Crippen LogP contribution in [0.2, 0.25) is 0 Å². The summed E-state index contributed by atoms with van der Waals surface area (Å²) in [6.45, 7) is 2.24. The van der Waals surface area contributed by atoms with Gasteiger partial charge in [0, 0.05) is 24.9 Å². The fourth-order valence-corrected chi connectivity index (χ4v) is 4.09. The van der Waals surface area contributed by atoms with E-state index in [9.17, 15) is 25.0 Å². The topological polar surface area (TPSA) is 127 Å². The standard InChI is InChI=1S/C21H18FN5O2/c1-2-29-20(28)27-8-7-15-16(9-23)19(26)21(11-24,12-25)18(17(15)10-27)13-3-5-14(22)6-4-13/h3-7,17-18H,2,8,10,26H2,1H3/t17-,18-/m1/s1. The number of nitrogens with zero attached hydrogens (tertiary/aromatic N) is 4. The molecule has 0 saturated carbocycles. The highest BCUT2D eigenvalue weighted by molar-refractivity contribution is 5.69. The Labute approximate surface area is 167 Å². The van der Waals surface area contributed by atoms with Gasteiger partial charge in [0.2, 0.25) is 0 Å². The molecule has 0 radical (unpaired) electrons. The van der Waals surface area contributed by atoms with Crippen LogP contribution in [0.25, 0.3) is 0 Å². The summed E-state index contributed by atoms with van der Waals surface area (Å²) in [7, 11) is 0. The van der Waals surface area contributed by atoms with Crippen LogP contribution >= 0.6 is 0 Å². The summed E-state index contributed by atoms with van der Waals surface area (Å²) in [6.07, 6.45) is 1.17. The molecule has 0 spiro atoms. The van der Waals surface area contributed by atoms with Crippen molar-refractivity contribution in [2.75, 3.05) is 19.7 Å². The van der Waals surface area contributed by atoms with Crippen molar-refractivity contribution in [2.45, 2.75) is 12.8 Å². The maximum Gasteiger partial charge on any atom is 0.410 e. The quantitative estimate of drug-likeness (QED) is 0.826. The Hall–Kier alpha value is -3.83. The van der Waals surface area contributed by atoms with Crippen molar-refractivity contribution >= 4 is 6.09 Å². The molecule has 0 aromatic heterocycles. The number of halogens is 1. The SMILES string of the molecule is CCOC(=O)N1CC=C2C(C#N)=C(N)C(C#N)(C#N)[C@H](c3ccc(F)cc3)[C@@H]2C1. The molecule has 2 atom stereocenters. The number of nitriles is 3. The smallest absolute Gasteiger partial charge is 0.410 e. The van der Waals surface area contributed by atoms with Crippen molar-refractivity contribution in [3.8, 4) is 18.2 Å². The first kappa shape index (κ1) is 19.9. The molecule has 0 unspecified atom stereocenters. The number of carbonyl (C=O) groups excluding carboxylic acids is 1. The number of carbonyl (C=O) groups is 1. The van der Waals surface area contributed by atoms with Crippen LogP contribution in [0.3, 0.4) is 0 Å². The van der Waals surface area contributed by atoms with Gasteiger partial charge in [-0.1, -0.05) is 18.2 Å². The summed E-state index contributed by atoms with van der Waals surface area (Å²) in [4.78, 5) is 13.7. The monoisotopic (exact) mass is 391 g/mol. The van der Waals surface area contributed by atoms with E-state index in [2.05, 4.69) is 0 Å². The lowest BCUT2D eigenvalue weighted by Gasteiger charge is -2.45. The van der Waals surface area contributed by atoms with E-state index in [-0.39, 0.29) is 31.0 Å². The van der Waals surface area contributed by atoms with Gasteiger partial charge in [-0.2, -0.15) is 15.8 Å². The number of rotatable bonds is 2. The van der Waals surface area contributed by atoms with Crippen LogP contribution < -0.4 is 5.73 Å². The molecule has 0 bridgehead atoms. The summed E-state index contributed by atoms with van der Waals surface area (Å²) in [5, 5.41) is 29.6. The van der Waals surface area contributed by atoms with E-state index in [1.807, 2.05) is 18.2 Å². The Balaban J connectivity index is 2.23. The van der Waals surface area contributed by atoms with Gasteiger partial charge < -0.3 is 15.4 Å². The van der Waals surface area contributed by atoms with Gasteiger partial charge in [0.25, 0.3) is 0 Å². The molecule has 1 aliphatic heterocycles. The molecule has 2 N–H and O–H groups in total. The van der Waals surface area contributed by atoms with E-state index < -0.39 is 29.2 Å². The van der Waals surface area contributed by atoms with Crippen LogP contribution in [-0.2, 0) is 4.74 Å². The zero-order valence-electron chi connectivity index (χ0n) is 15.7. The minimum atomic E-state index is -1.83.